The fourth-order valence-corrected chi connectivity index (χ4v) is 2.70. The summed E-state index contributed by atoms with van der Waals surface area (Å²) in [5, 5.41) is 21.6. The first-order valence-electron chi connectivity index (χ1n) is 6.88. The van der Waals surface area contributed by atoms with E-state index in [-0.39, 0.29) is 31.9 Å². The zero-order chi connectivity index (χ0) is 14.8. The monoisotopic (exact) mass is 294 g/mol. The molecule has 3 rings (SSSR count). The van der Waals surface area contributed by atoms with E-state index in [1.54, 1.807) is 23.1 Å². The molecule has 2 atom stereocenters. The van der Waals surface area contributed by atoms with Crippen LogP contribution in [0.3, 0.4) is 0 Å². The second-order valence-electron chi connectivity index (χ2n) is 5.27. The topological polar surface area (TPSA) is 91.3 Å². The fourth-order valence-electron chi connectivity index (χ4n) is 2.70. The van der Waals surface area contributed by atoms with Crippen LogP contribution in [-0.2, 0) is 4.79 Å². The highest BCUT2D eigenvalue weighted by molar-refractivity contribution is 5.92. The summed E-state index contributed by atoms with van der Waals surface area (Å²) in [7, 11) is 0. The van der Waals surface area contributed by atoms with Crippen LogP contribution in [0.2, 0.25) is 0 Å². The maximum atomic E-state index is 12.0. The summed E-state index contributed by atoms with van der Waals surface area (Å²) in [6.45, 7) is 0.668. The van der Waals surface area contributed by atoms with Crippen molar-refractivity contribution >= 4 is 11.6 Å². The van der Waals surface area contributed by atoms with Crippen LogP contribution >= 0.6 is 0 Å². The molecule has 2 heterocycles. The summed E-state index contributed by atoms with van der Waals surface area (Å²) in [6, 6.07) is 5.03. The van der Waals surface area contributed by atoms with Crippen LogP contribution < -0.4 is 14.8 Å². The van der Waals surface area contributed by atoms with Crippen LogP contribution in [0.25, 0.3) is 0 Å². The number of hydrogen-bond acceptors (Lipinski definition) is 6. The molecule has 3 N–H and O–H groups in total. The lowest BCUT2D eigenvalue weighted by molar-refractivity contribution is -0.117. The average molecular weight is 294 g/mol. The predicted octanol–water partition coefficient (Wildman–Crippen LogP) is -0.219. The Hall–Kier alpha value is -1.83. The molecule has 1 aromatic rings. The number of anilines is 1. The molecule has 0 aromatic heterocycles. The Kier molecular flexibility index (Phi) is 3.96. The van der Waals surface area contributed by atoms with Crippen molar-refractivity contribution in [3.8, 4) is 11.5 Å². The molecule has 7 nitrogen and oxygen atoms in total. The molecular formula is C14H18N2O5. The van der Waals surface area contributed by atoms with E-state index in [0.717, 1.165) is 0 Å². The van der Waals surface area contributed by atoms with Gasteiger partial charge < -0.3 is 25.0 Å². The molecule has 1 saturated heterocycles. The lowest BCUT2D eigenvalue weighted by atomic mass is 10.2. The average Bonchev–Trinajstić information content (AvgIpc) is 3.04. The van der Waals surface area contributed by atoms with Gasteiger partial charge in [0.25, 0.3) is 0 Å². The third-order valence-corrected chi connectivity index (χ3v) is 3.72. The molecule has 0 bridgehead atoms. The molecule has 1 aromatic carbocycles. The SMILES string of the molecule is O=C(CN1C[C@@H](O)C[C@H]1CO)Nc1ccc2c(c1)OCO2. The molecule has 1 fully saturated rings. The smallest absolute Gasteiger partial charge is 0.238 e. The maximum absolute atomic E-state index is 12.0. The number of nitrogens with zero attached hydrogens (tertiary/aromatic N) is 1. The van der Waals surface area contributed by atoms with Gasteiger partial charge in [0.2, 0.25) is 12.7 Å². The molecule has 2 aliphatic rings. The Balaban J connectivity index is 1.59. The summed E-state index contributed by atoms with van der Waals surface area (Å²) >= 11 is 0. The van der Waals surface area contributed by atoms with Gasteiger partial charge in [0.1, 0.15) is 0 Å². The summed E-state index contributed by atoms with van der Waals surface area (Å²) in [5.74, 6) is 1.08. The first-order valence-corrected chi connectivity index (χ1v) is 6.88. The van der Waals surface area contributed by atoms with Crippen LogP contribution in [0, 0.1) is 0 Å². The Morgan fingerprint density at radius 3 is 3.00 bits per heavy atom. The van der Waals surface area contributed by atoms with Crippen molar-refractivity contribution in [2.24, 2.45) is 0 Å². The highest BCUT2D eigenvalue weighted by Gasteiger charge is 2.31. The first-order chi connectivity index (χ1) is 10.2. The highest BCUT2D eigenvalue weighted by atomic mass is 16.7. The number of carbonyl (C=O) groups is 1. The number of benzene rings is 1. The van der Waals surface area contributed by atoms with Crippen LogP contribution in [-0.4, -0.2) is 59.7 Å². The second kappa shape index (κ2) is 5.88. The lowest BCUT2D eigenvalue weighted by Gasteiger charge is -2.21. The van der Waals surface area contributed by atoms with Crippen molar-refractivity contribution in [3.05, 3.63) is 18.2 Å². The molecule has 114 valence electrons. The minimum Gasteiger partial charge on any atom is -0.454 e. The number of amides is 1. The van der Waals surface area contributed by atoms with Gasteiger partial charge in [-0.15, -0.1) is 0 Å². The number of nitrogens with one attached hydrogen (secondary N) is 1. The van der Waals surface area contributed by atoms with E-state index in [1.807, 2.05) is 0 Å². The zero-order valence-corrected chi connectivity index (χ0v) is 11.5. The van der Waals surface area contributed by atoms with Gasteiger partial charge in [0.15, 0.2) is 11.5 Å². The van der Waals surface area contributed by atoms with Crippen molar-refractivity contribution in [1.82, 2.24) is 4.90 Å². The zero-order valence-electron chi connectivity index (χ0n) is 11.5. The summed E-state index contributed by atoms with van der Waals surface area (Å²) < 4.78 is 10.5. The molecule has 1 amide bonds. The largest absolute Gasteiger partial charge is 0.454 e. The number of aliphatic hydroxyl groups is 2. The van der Waals surface area contributed by atoms with E-state index < -0.39 is 6.10 Å². The minimum absolute atomic E-state index is 0.0611. The summed E-state index contributed by atoms with van der Waals surface area (Å²) in [6.07, 6.45) is 0.00820. The van der Waals surface area contributed by atoms with Gasteiger partial charge in [-0.2, -0.15) is 0 Å². The Morgan fingerprint density at radius 1 is 1.38 bits per heavy atom. The predicted molar refractivity (Wildman–Crippen MR) is 74.3 cm³/mol. The molecule has 0 radical (unpaired) electrons. The van der Waals surface area contributed by atoms with Crippen molar-refractivity contribution < 1.29 is 24.5 Å². The Morgan fingerprint density at radius 2 is 2.19 bits per heavy atom. The molecule has 2 aliphatic heterocycles. The Bertz CT molecular complexity index is 536. The number of rotatable bonds is 4. The van der Waals surface area contributed by atoms with Crippen molar-refractivity contribution in [1.29, 1.82) is 0 Å². The van der Waals surface area contributed by atoms with Crippen LogP contribution in [0.5, 0.6) is 11.5 Å². The van der Waals surface area contributed by atoms with Crippen LogP contribution in [0.1, 0.15) is 6.42 Å². The number of hydrogen-bond donors (Lipinski definition) is 3. The van der Waals surface area contributed by atoms with E-state index in [4.69, 9.17) is 9.47 Å². The number of fused-ring (bicyclic) bond motifs is 1. The van der Waals surface area contributed by atoms with Gasteiger partial charge in [0, 0.05) is 24.3 Å². The van der Waals surface area contributed by atoms with Crippen molar-refractivity contribution in [3.63, 3.8) is 0 Å². The third kappa shape index (κ3) is 3.10. The molecule has 21 heavy (non-hydrogen) atoms. The molecule has 0 spiro atoms. The van der Waals surface area contributed by atoms with Gasteiger partial charge in [-0.3, -0.25) is 9.69 Å². The molecule has 0 aliphatic carbocycles. The van der Waals surface area contributed by atoms with Crippen molar-refractivity contribution in [2.45, 2.75) is 18.6 Å². The van der Waals surface area contributed by atoms with Gasteiger partial charge >= 0.3 is 0 Å². The van der Waals surface area contributed by atoms with Gasteiger partial charge in [-0.1, -0.05) is 0 Å². The standard InChI is InChI=1S/C14H18N2O5/c17-7-10-4-11(18)5-16(10)6-14(19)15-9-1-2-12-13(3-9)21-8-20-12/h1-3,10-11,17-18H,4-8H2,(H,15,19)/t10-,11-/m0/s1. The molecule has 7 heteroatoms. The van der Waals surface area contributed by atoms with E-state index in [0.29, 0.717) is 30.2 Å². The minimum atomic E-state index is -0.486. The molecular weight excluding hydrogens is 276 g/mol. The maximum Gasteiger partial charge on any atom is 0.238 e. The van der Waals surface area contributed by atoms with E-state index in [1.165, 1.54) is 0 Å². The molecule has 0 unspecified atom stereocenters. The number of likely N-dealkylation sites (tertiary alicyclic amines) is 1. The van der Waals surface area contributed by atoms with E-state index in [2.05, 4.69) is 5.32 Å². The number of β-amino-alcohol motifs (C(OH)–C–C–N with tert-alkyl or cyclic N) is 1. The van der Waals surface area contributed by atoms with Gasteiger partial charge in [-0.05, 0) is 18.6 Å². The van der Waals surface area contributed by atoms with Crippen LogP contribution in [0.15, 0.2) is 18.2 Å². The summed E-state index contributed by atoms with van der Waals surface area (Å²) in [5.41, 5.74) is 0.629. The number of aliphatic hydroxyl groups excluding tert-OH is 2. The fraction of sp³-hybridized carbons (Fsp3) is 0.500. The van der Waals surface area contributed by atoms with Crippen LogP contribution in [0.4, 0.5) is 5.69 Å². The first kappa shape index (κ1) is 14.1. The molecule has 0 saturated carbocycles. The van der Waals surface area contributed by atoms with Gasteiger partial charge in [-0.25, -0.2) is 0 Å². The van der Waals surface area contributed by atoms with E-state index in [9.17, 15) is 15.0 Å². The highest BCUT2D eigenvalue weighted by Crippen LogP contribution is 2.34. The quantitative estimate of drug-likeness (QED) is 0.711. The third-order valence-electron chi connectivity index (χ3n) is 3.72. The Labute approximate surface area is 122 Å². The summed E-state index contributed by atoms with van der Waals surface area (Å²) in [4.78, 5) is 13.8. The van der Waals surface area contributed by atoms with E-state index >= 15 is 0 Å². The normalized spacial score (nSPS) is 24.3. The lowest BCUT2D eigenvalue weighted by Crippen LogP contribution is -2.38. The number of carbonyl (C=O) groups excluding carboxylic acids is 1. The number of ether oxygens (including phenoxy) is 2. The van der Waals surface area contributed by atoms with Crippen molar-refractivity contribution in [2.75, 3.05) is 31.8 Å². The second-order valence-corrected chi connectivity index (χ2v) is 5.27. The van der Waals surface area contributed by atoms with Gasteiger partial charge in [0.05, 0.1) is 19.3 Å².